The molecule has 1 atom stereocenters. The second-order valence-corrected chi connectivity index (χ2v) is 6.43. The molecule has 0 radical (unpaired) electrons. The zero-order valence-electron chi connectivity index (χ0n) is 14.6. The van der Waals surface area contributed by atoms with E-state index in [9.17, 15) is 4.79 Å². The Morgan fingerprint density at radius 1 is 1.48 bits per heavy atom. The van der Waals surface area contributed by atoms with Gasteiger partial charge in [-0.3, -0.25) is 9.69 Å². The molecule has 1 aliphatic rings. The molecule has 3 rings (SSSR count). The van der Waals surface area contributed by atoms with E-state index in [-0.39, 0.29) is 11.8 Å². The first-order valence-corrected chi connectivity index (χ1v) is 8.67. The van der Waals surface area contributed by atoms with Gasteiger partial charge >= 0.3 is 0 Å². The summed E-state index contributed by atoms with van der Waals surface area (Å²) in [7, 11) is 0. The summed E-state index contributed by atoms with van der Waals surface area (Å²) in [6.07, 6.45) is 3.60. The zero-order valence-corrected chi connectivity index (χ0v) is 14.6. The van der Waals surface area contributed by atoms with E-state index in [0.717, 1.165) is 30.5 Å². The van der Waals surface area contributed by atoms with Gasteiger partial charge in [0.25, 0.3) is 0 Å². The molecule has 25 heavy (non-hydrogen) atoms. The molecule has 1 unspecified atom stereocenters. The van der Waals surface area contributed by atoms with Crippen molar-refractivity contribution in [2.75, 3.05) is 19.6 Å². The fourth-order valence-electron chi connectivity index (χ4n) is 3.17. The van der Waals surface area contributed by atoms with Gasteiger partial charge in [0, 0.05) is 18.7 Å². The molecular formula is C19H24N4O2. The first-order valence-electron chi connectivity index (χ1n) is 8.67. The molecule has 1 aromatic carbocycles. The number of carbonyl (C=O) groups excluding carboxylic acids is 1. The molecule has 2 heterocycles. The van der Waals surface area contributed by atoms with Crippen molar-refractivity contribution in [1.82, 2.24) is 20.4 Å². The zero-order chi connectivity index (χ0) is 17.6. The summed E-state index contributed by atoms with van der Waals surface area (Å²) < 4.78 is 5.42. The molecule has 1 amide bonds. The monoisotopic (exact) mass is 340 g/mol. The molecule has 0 bridgehead atoms. The summed E-state index contributed by atoms with van der Waals surface area (Å²) in [6, 6.07) is 7.98. The highest BCUT2D eigenvalue weighted by atomic mass is 16.5. The van der Waals surface area contributed by atoms with E-state index in [2.05, 4.69) is 26.9 Å². The molecule has 1 aliphatic heterocycles. The molecule has 132 valence electrons. The Hall–Kier alpha value is -2.47. The average molecular weight is 340 g/mol. The Morgan fingerprint density at radius 3 is 3.12 bits per heavy atom. The van der Waals surface area contributed by atoms with E-state index in [1.54, 1.807) is 6.08 Å². The van der Waals surface area contributed by atoms with E-state index >= 15 is 0 Å². The number of hydrogen-bond donors (Lipinski definition) is 1. The highest BCUT2D eigenvalue weighted by Gasteiger charge is 2.26. The molecule has 1 aromatic heterocycles. The number of likely N-dealkylation sites (tertiary alicyclic amines) is 1. The lowest BCUT2D eigenvalue weighted by atomic mass is 9.97. The van der Waals surface area contributed by atoms with E-state index in [0.29, 0.717) is 31.3 Å². The predicted molar refractivity (Wildman–Crippen MR) is 95.7 cm³/mol. The Bertz CT molecular complexity index is 741. The van der Waals surface area contributed by atoms with Crippen LogP contribution in [0.15, 0.2) is 41.4 Å². The number of amides is 1. The molecule has 1 saturated heterocycles. The topological polar surface area (TPSA) is 71.3 Å². The number of carbonyl (C=O) groups is 1. The van der Waals surface area contributed by atoms with Crippen molar-refractivity contribution in [2.24, 2.45) is 5.92 Å². The number of nitrogens with one attached hydrogen (secondary N) is 1. The molecule has 0 aliphatic carbocycles. The fourth-order valence-corrected chi connectivity index (χ4v) is 3.17. The molecule has 1 fully saturated rings. The van der Waals surface area contributed by atoms with Crippen LogP contribution >= 0.6 is 0 Å². The van der Waals surface area contributed by atoms with E-state index in [1.807, 2.05) is 31.2 Å². The van der Waals surface area contributed by atoms with Gasteiger partial charge in [0.2, 0.25) is 17.6 Å². The van der Waals surface area contributed by atoms with Crippen LogP contribution in [0, 0.1) is 12.8 Å². The van der Waals surface area contributed by atoms with Crippen molar-refractivity contribution in [2.45, 2.75) is 26.3 Å². The second-order valence-electron chi connectivity index (χ2n) is 6.43. The van der Waals surface area contributed by atoms with Gasteiger partial charge in [0.1, 0.15) is 0 Å². The third-order valence-corrected chi connectivity index (χ3v) is 4.51. The van der Waals surface area contributed by atoms with Crippen LogP contribution in [0.3, 0.4) is 0 Å². The van der Waals surface area contributed by atoms with Gasteiger partial charge < -0.3 is 9.84 Å². The molecule has 2 aromatic rings. The van der Waals surface area contributed by atoms with Gasteiger partial charge in [0.15, 0.2) is 0 Å². The Labute approximate surface area is 147 Å². The van der Waals surface area contributed by atoms with Crippen molar-refractivity contribution >= 4 is 5.91 Å². The first kappa shape index (κ1) is 17.4. The maximum absolute atomic E-state index is 12.1. The molecule has 6 heteroatoms. The van der Waals surface area contributed by atoms with Gasteiger partial charge in [-0.1, -0.05) is 35.5 Å². The van der Waals surface area contributed by atoms with Crippen LogP contribution in [0.2, 0.25) is 0 Å². The highest BCUT2D eigenvalue weighted by molar-refractivity contribution is 5.79. The number of aromatic nitrogens is 2. The van der Waals surface area contributed by atoms with Gasteiger partial charge in [-0.05, 0) is 31.9 Å². The van der Waals surface area contributed by atoms with Crippen LogP contribution in [-0.4, -0.2) is 40.6 Å². The summed E-state index contributed by atoms with van der Waals surface area (Å²) in [5, 5.41) is 6.99. The van der Waals surface area contributed by atoms with Crippen LogP contribution in [0.5, 0.6) is 0 Å². The van der Waals surface area contributed by atoms with Crippen molar-refractivity contribution in [1.29, 1.82) is 0 Å². The van der Waals surface area contributed by atoms with Crippen LogP contribution < -0.4 is 5.32 Å². The third-order valence-electron chi connectivity index (χ3n) is 4.51. The minimum absolute atomic E-state index is 0.00691. The first-order chi connectivity index (χ1) is 12.2. The lowest BCUT2D eigenvalue weighted by molar-refractivity contribution is -0.126. The number of rotatable bonds is 6. The number of hydrogen-bond acceptors (Lipinski definition) is 5. The quantitative estimate of drug-likeness (QED) is 0.818. The summed E-state index contributed by atoms with van der Waals surface area (Å²) in [5.41, 5.74) is 2.10. The molecule has 1 N–H and O–H groups in total. The van der Waals surface area contributed by atoms with Crippen LogP contribution in [-0.2, 0) is 11.3 Å². The van der Waals surface area contributed by atoms with Crippen LogP contribution in [0.25, 0.3) is 11.4 Å². The van der Waals surface area contributed by atoms with Crippen molar-refractivity contribution in [3.8, 4) is 11.4 Å². The van der Waals surface area contributed by atoms with Gasteiger partial charge in [-0.25, -0.2) is 0 Å². The maximum atomic E-state index is 12.1. The Morgan fingerprint density at radius 2 is 2.32 bits per heavy atom. The van der Waals surface area contributed by atoms with Crippen molar-refractivity contribution in [3.05, 3.63) is 48.4 Å². The van der Waals surface area contributed by atoms with Crippen molar-refractivity contribution < 1.29 is 9.32 Å². The minimum Gasteiger partial charge on any atom is -0.352 e. The standard InChI is InChI=1S/C19H24N4O2/c1-3-10-20-19(24)15-8-6-11-23(12-15)13-17-21-18(22-25-17)16-9-5-4-7-14(16)2/h3-5,7,9,15H,1,6,8,10-13H2,2H3,(H,20,24). The summed E-state index contributed by atoms with van der Waals surface area (Å²) in [6.45, 7) is 8.40. The van der Waals surface area contributed by atoms with Gasteiger partial charge in [0.05, 0.1) is 12.5 Å². The lowest BCUT2D eigenvalue weighted by Crippen LogP contribution is -2.42. The maximum Gasteiger partial charge on any atom is 0.241 e. The molecule has 0 spiro atoms. The number of piperidine rings is 1. The highest BCUT2D eigenvalue weighted by Crippen LogP contribution is 2.22. The third kappa shape index (κ3) is 4.33. The summed E-state index contributed by atoms with van der Waals surface area (Å²) in [5.74, 6) is 1.30. The number of benzene rings is 1. The van der Waals surface area contributed by atoms with E-state index in [4.69, 9.17) is 4.52 Å². The summed E-state index contributed by atoms with van der Waals surface area (Å²) in [4.78, 5) is 18.9. The smallest absolute Gasteiger partial charge is 0.241 e. The van der Waals surface area contributed by atoms with Gasteiger partial charge in [-0.2, -0.15) is 4.98 Å². The predicted octanol–water partition coefficient (Wildman–Crippen LogP) is 2.56. The molecule has 0 saturated carbocycles. The molecular weight excluding hydrogens is 316 g/mol. The number of aryl methyl sites for hydroxylation is 1. The van der Waals surface area contributed by atoms with E-state index in [1.165, 1.54) is 0 Å². The second kappa shape index (κ2) is 8.07. The average Bonchev–Trinajstić information content (AvgIpc) is 3.08. The lowest BCUT2D eigenvalue weighted by Gasteiger charge is -2.30. The van der Waals surface area contributed by atoms with E-state index < -0.39 is 0 Å². The van der Waals surface area contributed by atoms with Gasteiger partial charge in [-0.15, -0.1) is 6.58 Å². The number of nitrogens with zero attached hydrogens (tertiary/aromatic N) is 3. The van der Waals surface area contributed by atoms with Crippen LogP contribution in [0.1, 0.15) is 24.3 Å². The minimum atomic E-state index is 0.00691. The Balaban J connectivity index is 1.62. The largest absolute Gasteiger partial charge is 0.352 e. The Kier molecular flexibility index (Phi) is 5.60. The normalized spacial score (nSPS) is 18.0. The fraction of sp³-hybridized carbons (Fsp3) is 0.421. The SMILES string of the molecule is C=CCNC(=O)C1CCCN(Cc2nc(-c3ccccc3C)no2)C1. The van der Waals surface area contributed by atoms with Crippen molar-refractivity contribution in [3.63, 3.8) is 0 Å². The summed E-state index contributed by atoms with van der Waals surface area (Å²) >= 11 is 0. The molecule has 6 nitrogen and oxygen atoms in total. The van der Waals surface area contributed by atoms with Crippen LogP contribution in [0.4, 0.5) is 0 Å².